The van der Waals surface area contributed by atoms with Crippen LogP contribution in [0.3, 0.4) is 0 Å². The van der Waals surface area contributed by atoms with Gasteiger partial charge in [-0.2, -0.15) is 4.31 Å². The van der Waals surface area contributed by atoms with Gasteiger partial charge in [0.2, 0.25) is 10.0 Å². The summed E-state index contributed by atoms with van der Waals surface area (Å²) in [7, 11) is -2.14. The molecule has 1 fully saturated rings. The van der Waals surface area contributed by atoms with E-state index in [1.54, 1.807) is 13.2 Å². The Balaban J connectivity index is 1.82. The van der Waals surface area contributed by atoms with Gasteiger partial charge < -0.3 is 14.3 Å². The lowest BCUT2D eigenvalue weighted by molar-refractivity contribution is -0.119. The van der Waals surface area contributed by atoms with E-state index in [9.17, 15) is 13.2 Å². The van der Waals surface area contributed by atoms with Crippen LogP contribution in [0.15, 0.2) is 41.3 Å². The van der Waals surface area contributed by atoms with Gasteiger partial charge in [-0.3, -0.25) is 0 Å². The first-order valence-corrected chi connectivity index (χ1v) is 12.2. The number of halogens is 2. The van der Waals surface area contributed by atoms with Gasteiger partial charge in [-0.1, -0.05) is 53.9 Å². The first kappa shape index (κ1) is 24.2. The van der Waals surface area contributed by atoms with Crippen molar-refractivity contribution < 1.29 is 22.7 Å². The highest BCUT2D eigenvalue weighted by molar-refractivity contribution is 7.89. The Morgan fingerprint density at radius 3 is 2.48 bits per heavy atom. The van der Waals surface area contributed by atoms with E-state index in [1.807, 2.05) is 18.2 Å². The third-order valence-electron chi connectivity index (χ3n) is 5.17. The zero-order valence-corrected chi connectivity index (χ0v) is 19.5. The molecule has 0 radical (unpaired) electrons. The van der Waals surface area contributed by atoms with Crippen LogP contribution in [0.1, 0.15) is 42.1 Å². The molecule has 31 heavy (non-hydrogen) atoms. The molecule has 1 unspecified atom stereocenters. The number of sulfonamides is 1. The smallest absolute Gasteiger partial charge is 0.244 e. The maximum Gasteiger partial charge on any atom is 0.244 e. The average Bonchev–Trinajstić information content (AvgIpc) is 2.76. The number of carbonyl (C=O) groups excluding carboxylic acids is 1. The molecule has 168 valence electrons. The molecule has 1 aliphatic rings. The van der Waals surface area contributed by atoms with E-state index in [2.05, 4.69) is 0 Å². The second-order valence-corrected chi connectivity index (χ2v) is 10.1. The fourth-order valence-corrected chi connectivity index (χ4v) is 5.89. The minimum atomic E-state index is -3.74. The van der Waals surface area contributed by atoms with E-state index >= 15 is 0 Å². The molecule has 0 saturated carbocycles. The predicted octanol–water partition coefficient (Wildman–Crippen LogP) is 4.77. The minimum absolute atomic E-state index is 0.00353. The van der Waals surface area contributed by atoms with Crippen LogP contribution in [0.5, 0.6) is 0 Å². The number of aldehydes is 1. The molecule has 6 nitrogen and oxygen atoms in total. The van der Waals surface area contributed by atoms with Crippen LogP contribution in [0.25, 0.3) is 0 Å². The number of hydrogen-bond donors (Lipinski definition) is 0. The number of carbonyl (C=O) groups is 1. The van der Waals surface area contributed by atoms with Crippen LogP contribution in [-0.2, 0) is 37.5 Å². The molecule has 1 saturated heterocycles. The van der Waals surface area contributed by atoms with Crippen LogP contribution in [0.2, 0.25) is 10.0 Å². The Bertz CT molecular complexity index is 1020. The van der Waals surface area contributed by atoms with Crippen molar-refractivity contribution in [3.05, 3.63) is 63.1 Å². The van der Waals surface area contributed by atoms with E-state index in [1.165, 1.54) is 16.4 Å². The SMILES string of the molecule is COCc1cccc(C(C=O)OCc2cc(S(=O)(=O)N3CCCCC3)c(Cl)cc2Cl)c1. The van der Waals surface area contributed by atoms with Gasteiger partial charge in [0.15, 0.2) is 6.29 Å². The van der Waals surface area contributed by atoms with E-state index in [4.69, 9.17) is 32.7 Å². The largest absolute Gasteiger partial charge is 0.380 e. The monoisotopic (exact) mass is 485 g/mol. The molecule has 1 aliphatic heterocycles. The summed E-state index contributed by atoms with van der Waals surface area (Å²) in [5.41, 5.74) is 2.03. The molecule has 0 aromatic heterocycles. The quantitative estimate of drug-likeness (QED) is 0.478. The van der Waals surface area contributed by atoms with Crippen molar-refractivity contribution in [1.82, 2.24) is 4.31 Å². The van der Waals surface area contributed by atoms with Crippen LogP contribution < -0.4 is 0 Å². The zero-order chi connectivity index (χ0) is 22.4. The number of benzene rings is 2. The number of nitrogens with zero attached hydrogens (tertiary/aromatic N) is 1. The van der Waals surface area contributed by atoms with Gasteiger partial charge in [-0.25, -0.2) is 8.42 Å². The Kier molecular flexibility index (Phi) is 8.50. The summed E-state index contributed by atoms with van der Waals surface area (Å²) in [6.45, 7) is 1.31. The lowest BCUT2D eigenvalue weighted by Gasteiger charge is -2.26. The molecule has 1 atom stereocenters. The van der Waals surface area contributed by atoms with Crippen molar-refractivity contribution >= 4 is 39.5 Å². The van der Waals surface area contributed by atoms with Crippen molar-refractivity contribution in [3.8, 4) is 0 Å². The van der Waals surface area contributed by atoms with Gasteiger partial charge in [-0.05, 0) is 41.7 Å². The molecular formula is C22H25Cl2NO5S. The Morgan fingerprint density at radius 2 is 1.81 bits per heavy atom. The number of rotatable bonds is 9. The van der Waals surface area contributed by atoms with Gasteiger partial charge in [0.1, 0.15) is 11.0 Å². The predicted molar refractivity (Wildman–Crippen MR) is 120 cm³/mol. The summed E-state index contributed by atoms with van der Waals surface area (Å²) in [5, 5.41) is 0.346. The average molecular weight is 486 g/mol. The standard InChI is InChI=1S/C22H25Cl2NO5S/c1-29-14-16-6-5-7-17(10-16)21(13-26)30-15-18-11-22(20(24)12-19(18)23)31(27,28)25-8-3-2-4-9-25/h5-7,10-13,21H,2-4,8-9,14-15H2,1H3. The van der Waals surface area contributed by atoms with E-state index in [0.717, 1.165) is 24.8 Å². The molecule has 3 rings (SSSR count). The maximum atomic E-state index is 13.1. The second-order valence-electron chi connectivity index (χ2n) is 7.38. The highest BCUT2D eigenvalue weighted by Gasteiger charge is 2.29. The zero-order valence-electron chi connectivity index (χ0n) is 17.2. The molecule has 0 amide bonds. The lowest BCUT2D eigenvalue weighted by atomic mass is 10.1. The molecule has 2 aromatic carbocycles. The van der Waals surface area contributed by atoms with Crippen LogP contribution in [0.4, 0.5) is 0 Å². The van der Waals surface area contributed by atoms with Gasteiger partial charge in [0.25, 0.3) is 0 Å². The molecule has 0 aliphatic carbocycles. The highest BCUT2D eigenvalue weighted by atomic mass is 35.5. The second kappa shape index (κ2) is 10.9. The third-order valence-corrected chi connectivity index (χ3v) is 7.88. The van der Waals surface area contributed by atoms with Crippen molar-refractivity contribution in [2.75, 3.05) is 20.2 Å². The van der Waals surface area contributed by atoms with Crippen molar-refractivity contribution in [2.45, 2.75) is 43.5 Å². The number of methoxy groups -OCH3 is 1. The van der Waals surface area contributed by atoms with Crippen molar-refractivity contribution in [2.24, 2.45) is 0 Å². The van der Waals surface area contributed by atoms with E-state index in [-0.39, 0.29) is 21.5 Å². The fourth-order valence-electron chi connectivity index (χ4n) is 3.54. The number of ether oxygens (including phenoxy) is 2. The van der Waals surface area contributed by atoms with Gasteiger partial charge in [0, 0.05) is 25.2 Å². The summed E-state index contributed by atoms with van der Waals surface area (Å²) >= 11 is 12.5. The van der Waals surface area contributed by atoms with Crippen LogP contribution in [-0.4, -0.2) is 39.2 Å². The summed E-state index contributed by atoms with van der Waals surface area (Å²) in [6.07, 6.45) is 2.53. The van der Waals surface area contributed by atoms with Gasteiger partial charge >= 0.3 is 0 Å². The first-order chi connectivity index (χ1) is 14.9. The summed E-state index contributed by atoms with van der Waals surface area (Å²) < 4.78 is 38.5. The molecule has 9 heteroatoms. The molecule has 1 heterocycles. The van der Waals surface area contributed by atoms with E-state index < -0.39 is 16.1 Å². The summed E-state index contributed by atoms with van der Waals surface area (Å²) in [5.74, 6) is 0. The van der Waals surface area contributed by atoms with E-state index in [0.29, 0.717) is 37.1 Å². The van der Waals surface area contributed by atoms with Crippen LogP contribution >= 0.6 is 23.2 Å². The molecule has 2 aromatic rings. The molecule has 0 bridgehead atoms. The first-order valence-electron chi connectivity index (χ1n) is 9.99. The van der Waals surface area contributed by atoms with Crippen LogP contribution in [0, 0.1) is 0 Å². The molecule has 0 spiro atoms. The molecular weight excluding hydrogens is 461 g/mol. The Labute approximate surface area is 193 Å². The number of hydrogen-bond acceptors (Lipinski definition) is 5. The van der Waals surface area contributed by atoms with Gasteiger partial charge in [-0.15, -0.1) is 0 Å². The van der Waals surface area contributed by atoms with Crippen molar-refractivity contribution in [3.63, 3.8) is 0 Å². The molecule has 0 N–H and O–H groups in total. The Hall–Kier alpha value is -1.48. The number of piperidine rings is 1. The lowest BCUT2D eigenvalue weighted by Crippen LogP contribution is -2.35. The summed E-state index contributed by atoms with van der Waals surface area (Å²) in [6, 6.07) is 10.2. The maximum absolute atomic E-state index is 13.1. The summed E-state index contributed by atoms with van der Waals surface area (Å²) in [4.78, 5) is 11.7. The Morgan fingerprint density at radius 1 is 1.06 bits per heavy atom. The third kappa shape index (κ3) is 5.86. The topological polar surface area (TPSA) is 72.9 Å². The highest BCUT2D eigenvalue weighted by Crippen LogP contribution is 2.33. The fraction of sp³-hybridized carbons (Fsp3) is 0.409. The minimum Gasteiger partial charge on any atom is -0.380 e. The van der Waals surface area contributed by atoms with Crippen molar-refractivity contribution in [1.29, 1.82) is 0 Å². The van der Waals surface area contributed by atoms with Gasteiger partial charge in [0.05, 0.1) is 18.2 Å². The normalized spacial score (nSPS) is 16.2.